The smallest absolute Gasteiger partial charge is 0.240 e. The van der Waals surface area contributed by atoms with Crippen molar-refractivity contribution in [1.82, 2.24) is 9.88 Å². The molecule has 7 nitrogen and oxygen atoms in total. The van der Waals surface area contributed by atoms with Gasteiger partial charge in [-0.25, -0.2) is 8.42 Å². The first kappa shape index (κ1) is 19.6. The molecule has 9 heteroatoms. The average Bonchev–Trinajstić information content (AvgIpc) is 2.94. The number of amides is 1. The first-order valence-corrected chi connectivity index (χ1v) is 11.1. The lowest BCUT2D eigenvalue weighted by Crippen LogP contribution is -2.39. The zero-order valence-corrected chi connectivity index (χ0v) is 15.9. The number of nitrogens with one attached hydrogen (secondary N) is 2. The van der Waals surface area contributed by atoms with Crippen LogP contribution in [0.1, 0.15) is 6.42 Å². The van der Waals surface area contributed by atoms with Gasteiger partial charge in [0.15, 0.2) is 0 Å². The molecular weight excluding hydrogens is 362 g/mol. The molecule has 0 radical (unpaired) electrons. The number of aliphatic hydroxyl groups excluding tert-OH is 1. The lowest BCUT2D eigenvalue weighted by molar-refractivity contribution is -0.122. The van der Waals surface area contributed by atoms with Crippen LogP contribution in [-0.2, 0) is 21.4 Å². The maximum atomic E-state index is 12.2. The maximum Gasteiger partial charge on any atom is 0.240 e. The number of nitrogens with zero attached hydrogens (tertiary/aromatic N) is 1. The van der Waals surface area contributed by atoms with Gasteiger partial charge in [-0.3, -0.25) is 9.52 Å². The van der Waals surface area contributed by atoms with Crippen LogP contribution in [0.5, 0.6) is 0 Å². The van der Waals surface area contributed by atoms with Crippen molar-refractivity contribution in [1.29, 1.82) is 0 Å². The number of sulfonamides is 1. The van der Waals surface area contributed by atoms with Crippen molar-refractivity contribution >= 4 is 44.3 Å². The van der Waals surface area contributed by atoms with E-state index in [0.717, 1.165) is 22.9 Å². The van der Waals surface area contributed by atoms with E-state index in [1.165, 1.54) is 0 Å². The van der Waals surface area contributed by atoms with E-state index in [-0.39, 0.29) is 25.1 Å². The van der Waals surface area contributed by atoms with Crippen molar-refractivity contribution in [3.05, 3.63) is 30.5 Å². The Morgan fingerprint density at radius 1 is 1.36 bits per heavy atom. The van der Waals surface area contributed by atoms with Crippen LogP contribution in [0.4, 0.5) is 5.69 Å². The number of aromatic nitrogens is 1. The van der Waals surface area contributed by atoms with Gasteiger partial charge in [0.2, 0.25) is 15.9 Å². The van der Waals surface area contributed by atoms with Gasteiger partial charge < -0.3 is 15.0 Å². The summed E-state index contributed by atoms with van der Waals surface area (Å²) in [4.78, 5) is 12.2. The number of hydrogen-bond acceptors (Lipinski definition) is 5. The molecule has 138 valence electrons. The molecular formula is C16H23N3O4S2. The molecule has 0 saturated heterocycles. The summed E-state index contributed by atoms with van der Waals surface area (Å²) in [6.07, 6.45) is 5.52. The maximum absolute atomic E-state index is 12.2. The number of aliphatic hydroxyl groups is 1. The Morgan fingerprint density at radius 2 is 2.12 bits per heavy atom. The van der Waals surface area contributed by atoms with Gasteiger partial charge in [0.1, 0.15) is 6.54 Å². The quantitative estimate of drug-likeness (QED) is 0.603. The molecule has 2 rings (SSSR count). The van der Waals surface area contributed by atoms with Gasteiger partial charge in [0, 0.05) is 11.6 Å². The van der Waals surface area contributed by atoms with Crippen molar-refractivity contribution in [3.63, 3.8) is 0 Å². The Morgan fingerprint density at radius 3 is 2.76 bits per heavy atom. The van der Waals surface area contributed by atoms with E-state index in [1.54, 1.807) is 40.7 Å². The lowest BCUT2D eigenvalue weighted by Gasteiger charge is -2.16. The minimum absolute atomic E-state index is 0.0961. The Labute approximate surface area is 151 Å². The highest BCUT2D eigenvalue weighted by Gasteiger charge is 2.14. The first-order valence-electron chi connectivity index (χ1n) is 7.79. The van der Waals surface area contributed by atoms with E-state index in [4.69, 9.17) is 0 Å². The molecule has 0 aliphatic rings. The number of carbonyl (C=O) groups excluding carboxylic acids is 1. The molecule has 0 fully saturated rings. The molecule has 2 aromatic rings. The summed E-state index contributed by atoms with van der Waals surface area (Å²) in [6, 6.07) is 6.75. The van der Waals surface area contributed by atoms with Crippen molar-refractivity contribution in [3.8, 4) is 0 Å². The van der Waals surface area contributed by atoms with Crippen molar-refractivity contribution in [2.45, 2.75) is 19.0 Å². The second kappa shape index (κ2) is 8.59. The largest absolute Gasteiger partial charge is 0.394 e. The van der Waals surface area contributed by atoms with Gasteiger partial charge in [0.25, 0.3) is 0 Å². The predicted molar refractivity (Wildman–Crippen MR) is 102 cm³/mol. The zero-order valence-electron chi connectivity index (χ0n) is 14.2. The molecule has 1 atom stereocenters. The summed E-state index contributed by atoms with van der Waals surface area (Å²) in [5.74, 6) is 0.664. The Balaban J connectivity index is 2.14. The fraction of sp³-hybridized carbons (Fsp3) is 0.438. The Kier molecular flexibility index (Phi) is 6.74. The Bertz CT molecular complexity index is 833. The third-order valence-corrected chi connectivity index (χ3v) is 4.91. The Hall–Kier alpha value is -1.71. The normalized spacial score (nSPS) is 12.9. The molecule has 3 N–H and O–H groups in total. The minimum Gasteiger partial charge on any atom is -0.394 e. The summed E-state index contributed by atoms with van der Waals surface area (Å²) in [5.41, 5.74) is 1.24. The molecule has 0 unspecified atom stereocenters. The highest BCUT2D eigenvalue weighted by Crippen LogP contribution is 2.25. The van der Waals surface area contributed by atoms with Crippen LogP contribution in [0.3, 0.4) is 0 Å². The molecule has 25 heavy (non-hydrogen) atoms. The SMILES string of the molecule is CSCC[C@@H](CO)NC(=O)Cn1ccc2c(NS(C)(=O)=O)cccc21. The van der Waals surface area contributed by atoms with Gasteiger partial charge in [-0.15, -0.1) is 0 Å². The monoisotopic (exact) mass is 385 g/mol. The topological polar surface area (TPSA) is 100 Å². The number of fused-ring (bicyclic) bond motifs is 1. The molecule has 0 spiro atoms. The van der Waals surface area contributed by atoms with Crippen LogP contribution in [0, 0.1) is 0 Å². The summed E-state index contributed by atoms with van der Waals surface area (Å²) < 4.78 is 27.2. The van der Waals surface area contributed by atoms with Crippen molar-refractivity contribution in [2.24, 2.45) is 0 Å². The van der Waals surface area contributed by atoms with Gasteiger partial charge in [0.05, 0.1) is 30.1 Å². The van der Waals surface area contributed by atoms with E-state index >= 15 is 0 Å². The van der Waals surface area contributed by atoms with E-state index in [1.807, 2.05) is 12.3 Å². The van der Waals surface area contributed by atoms with E-state index in [0.29, 0.717) is 12.1 Å². The number of benzene rings is 1. The van der Waals surface area contributed by atoms with Crippen LogP contribution >= 0.6 is 11.8 Å². The highest BCUT2D eigenvalue weighted by atomic mass is 32.2. The van der Waals surface area contributed by atoms with Gasteiger partial charge in [-0.1, -0.05) is 6.07 Å². The van der Waals surface area contributed by atoms with Crippen LogP contribution in [0.15, 0.2) is 30.5 Å². The fourth-order valence-corrected chi connectivity index (χ4v) is 3.64. The van der Waals surface area contributed by atoms with Crippen molar-refractivity contribution in [2.75, 3.05) is 29.6 Å². The van der Waals surface area contributed by atoms with Crippen LogP contribution in [0.25, 0.3) is 10.9 Å². The second-order valence-corrected chi connectivity index (χ2v) is 8.52. The second-order valence-electron chi connectivity index (χ2n) is 5.78. The molecule has 0 bridgehead atoms. The minimum atomic E-state index is -3.38. The highest BCUT2D eigenvalue weighted by molar-refractivity contribution is 7.98. The first-order chi connectivity index (χ1) is 11.8. The molecule has 1 aromatic carbocycles. The van der Waals surface area contributed by atoms with E-state index in [2.05, 4.69) is 10.0 Å². The summed E-state index contributed by atoms with van der Waals surface area (Å²) >= 11 is 1.66. The number of carbonyl (C=O) groups is 1. The van der Waals surface area contributed by atoms with Crippen LogP contribution in [-0.4, -0.2) is 54.9 Å². The van der Waals surface area contributed by atoms with E-state index in [9.17, 15) is 18.3 Å². The van der Waals surface area contributed by atoms with Gasteiger partial charge >= 0.3 is 0 Å². The van der Waals surface area contributed by atoms with Crippen LogP contribution < -0.4 is 10.0 Å². The fourth-order valence-electron chi connectivity index (χ4n) is 2.55. The zero-order chi connectivity index (χ0) is 18.4. The summed E-state index contributed by atoms with van der Waals surface area (Å²) in [7, 11) is -3.38. The lowest BCUT2D eigenvalue weighted by atomic mass is 10.2. The summed E-state index contributed by atoms with van der Waals surface area (Å²) in [5, 5.41) is 12.9. The number of thioether (sulfide) groups is 1. The average molecular weight is 386 g/mol. The van der Waals surface area contributed by atoms with Crippen LogP contribution in [0.2, 0.25) is 0 Å². The molecule has 0 aliphatic carbocycles. The number of hydrogen-bond donors (Lipinski definition) is 3. The van der Waals surface area contributed by atoms with Gasteiger partial charge in [-0.2, -0.15) is 11.8 Å². The standard InChI is InChI=1S/C16H23N3O4S2/c1-24-9-7-12(11-20)17-16(21)10-19-8-6-13-14(18-25(2,22)23)4-3-5-15(13)19/h3-6,8,12,18,20H,7,9-11H2,1-2H3,(H,17,21)/t12-/m0/s1. The third-order valence-electron chi connectivity index (χ3n) is 3.68. The number of rotatable bonds is 9. The molecule has 1 aromatic heterocycles. The van der Waals surface area contributed by atoms with Gasteiger partial charge in [-0.05, 0) is 36.6 Å². The number of anilines is 1. The third kappa shape index (κ3) is 5.65. The van der Waals surface area contributed by atoms with E-state index < -0.39 is 10.0 Å². The predicted octanol–water partition coefficient (Wildman–Crippen LogP) is 1.24. The summed E-state index contributed by atoms with van der Waals surface area (Å²) in [6.45, 7) is 0.00273. The molecule has 0 saturated carbocycles. The molecule has 0 aliphatic heterocycles. The molecule has 1 amide bonds. The molecule has 1 heterocycles. The van der Waals surface area contributed by atoms with Crippen molar-refractivity contribution < 1.29 is 18.3 Å².